The van der Waals surface area contributed by atoms with Gasteiger partial charge >= 0.3 is 5.97 Å². The van der Waals surface area contributed by atoms with Gasteiger partial charge in [0.15, 0.2) is 0 Å². The van der Waals surface area contributed by atoms with Gasteiger partial charge in [-0.3, -0.25) is 4.79 Å². The Balaban J connectivity index is 2.01. The summed E-state index contributed by atoms with van der Waals surface area (Å²) in [6.07, 6.45) is 1.79. The van der Waals surface area contributed by atoms with Gasteiger partial charge < -0.3 is 9.84 Å². The van der Waals surface area contributed by atoms with Crippen LogP contribution in [-0.2, 0) is 9.53 Å². The Morgan fingerprint density at radius 1 is 1.70 bits per heavy atom. The zero-order chi connectivity index (χ0) is 7.35. The molecule has 3 heteroatoms. The molecule has 3 nitrogen and oxygen atoms in total. The van der Waals surface area contributed by atoms with E-state index in [-0.39, 0.29) is 11.5 Å². The zero-order valence-corrected chi connectivity index (χ0v) is 5.83. The van der Waals surface area contributed by atoms with Crippen LogP contribution in [0.3, 0.4) is 0 Å². The second-order valence-corrected chi connectivity index (χ2v) is 3.25. The topological polar surface area (TPSA) is 46.5 Å². The van der Waals surface area contributed by atoms with E-state index in [9.17, 15) is 4.79 Å². The first-order chi connectivity index (χ1) is 4.70. The summed E-state index contributed by atoms with van der Waals surface area (Å²) in [4.78, 5) is 10.6. The molecule has 0 amide bonds. The largest absolute Gasteiger partial charge is 0.481 e. The maximum atomic E-state index is 10.6. The Hall–Kier alpha value is -0.570. The number of carbonyl (C=O) groups is 1. The quantitative estimate of drug-likeness (QED) is 0.610. The molecule has 0 aromatic heterocycles. The number of fused-ring (bicyclic) bond motifs is 1. The molecule has 0 spiro atoms. The van der Waals surface area contributed by atoms with Crippen LogP contribution >= 0.6 is 0 Å². The van der Waals surface area contributed by atoms with Crippen molar-refractivity contribution < 1.29 is 14.6 Å². The molecule has 0 heterocycles. The predicted molar refractivity (Wildman–Crippen MR) is 33.6 cm³/mol. The molecule has 0 saturated heterocycles. The molecule has 0 radical (unpaired) electrons. The standard InChI is InChI=1S/C7H10O3/c1-10-5-3-7(6(8)9)2-4(5)7/h4-5H,2-3H2,1H3,(H,8,9). The van der Waals surface area contributed by atoms with Crippen molar-refractivity contribution in [3.63, 3.8) is 0 Å². The minimum Gasteiger partial charge on any atom is -0.481 e. The van der Waals surface area contributed by atoms with Crippen LogP contribution in [-0.4, -0.2) is 24.3 Å². The van der Waals surface area contributed by atoms with E-state index in [4.69, 9.17) is 9.84 Å². The van der Waals surface area contributed by atoms with Crippen LogP contribution in [0.5, 0.6) is 0 Å². The third-order valence-corrected chi connectivity index (χ3v) is 2.88. The number of carboxylic acids is 1. The van der Waals surface area contributed by atoms with Gasteiger partial charge in [0.2, 0.25) is 0 Å². The number of rotatable bonds is 2. The van der Waals surface area contributed by atoms with Crippen molar-refractivity contribution in [3.05, 3.63) is 0 Å². The molecule has 2 saturated carbocycles. The SMILES string of the molecule is COC1CC2(C(=O)O)CC12. The molecule has 1 N–H and O–H groups in total. The van der Waals surface area contributed by atoms with E-state index in [1.54, 1.807) is 7.11 Å². The normalized spacial score (nSPS) is 49.3. The lowest BCUT2D eigenvalue weighted by Crippen LogP contribution is -2.37. The summed E-state index contributed by atoms with van der Waals surface area (Å²) in [6, 6.07) is 0. The number of aliphatic carboxylic acids is 1. The number of hydrogen-bond donors (Lipinski definition) is 1. The van der Waals surface area contributed by atoms with E-state index >= 15 is 0 Å². The average molecular weight is 142 g/mol. The molecule has 2 rings (SSSR count). The molecule has 3 atom stereocenters. The molecular weight excluding hydrogens is 132 g/mol. The van der Waals surface area contributed by atoms with Crippen molar-refractivity contribution in [1.29, 1.82) is 0 Å². The van der Waals surface area contributed by atoms with Crippen molar-refractivity contribution in [2.45, 2.75) is 18.9 Å². The second kappa shape index (κ2) is 1.53. The molecule has 2 aliphatic rings. The fourth-order valence-corrected chi connectivity index (χ4v) is 1.98. The Kier molecular flexibility index (Phi) is 0.944. The first kappa shape index (κ1) is 6.16. The van der Waals surface area contributed by atoms with Crippen LogP contribution < -0.4 is 0 Å². The van der Waals surface area contributed by atoms with E-state index in [1.165, 1.54) is 0 Å². The Bertz CT molecular complexity index is 189. The van der Waals surface area contributed by atoms with Crippen LogP contribution in [0.25, 0.3) is 0 Å². The lowest BCUT2D eigenvalue weighted by atomic mass is 9.82. The first-order valence-electron chi connectivity index (χ1n) is 3.47. The highest BCUT2D eigenvalue weighted by atomic mass is 16.5. The number of carboxylic acid groups (broad SMARTS) is 1. The summed E-state index contributed by atoms with van der Waals surface area (Å²) in [5.74, 6) is -0.305. The van der Waals surface area contributed by atoms with Crippen LogP contribution in [0, 0.1) is 11.3 Å². The predicted octanol–water partition coefficient (Wildman–Crippen LogP) is 0.496. The molecule has 0 aliphatic heterocycles. The average Bonchev–Trinajstić information content (AvgIpc) is 2.40. The van der Waals surface area contributed by atoms with Gasteiger partial charge in [-0.05, 0) is 12.8 Å². The number of hydrogen-bond acceptors (Lipinski definition) is 2. The summed E-state index contributed by atoms with van der Waals surface area (Å²) in [6.45, 7) is 0. The van der Waals surface area contributed by atoms with E-state index in [2.05, 4.69) is 0 Å². The monoisotopic (exact) mass is 142 g/mol. The summed E-state index contributed by atoms with van der Waals surface area (Å²) >= 11 is 0. The van der Waals surface area contributed by atoms with Gasteiger partial charge in [-0.1, -0.05) is 0 Å². The van der Waals surface area contributed by atoms with Crippen LogP contribution in [0.15, 0.2) is 0 Å². The zero-order valence-electron chi connectivity index (χ0n) is 5.83. The van der Waals surface area contributed by atoms with Crippen molar-refractivity contribution in [3.8, 4) is 0 Å². The molecule has 0 bridgehead atoms. The van der Waals surface area contributed by atoms with Gasteiger partial charge in [0.05, 0.1) is 11.5 Å². The van der Waals surface area contributed by atoms with E-state index < -0.39 is 5.97 Å². The number of ether oxygens (including phenoxy) is 1. The highest BCUT2D eigenvalue weighted by Gasteiger charge is 2.72. The lowest BCUT2D eigenvalue weighted by Gasteiger charge is -2.29. The summed E-state index contributed by atoms with van der Waals surface area (Å²) in [5.41, 5.74) is -0.347. The molecule has 0 aromatic rings. The van der Waals surface area contributed by atoms with Crippen molar-refractivity contribution in [1.82, 2.24) is 0 Å². The highest BCUT2D eigenvalue weighted by molar-refractivity contribution is 5.80. The Morgan fingerprint density at radius 3 is 2.70 bits per heavy atom. The van der Waals surface area contributed by atoms with Crippen LogP contribution in [0.2, 0.25) is 0 Å². The van der Waals surface area contributed by atoms with E-state index in [0.717, 1.165) is 12.8 Å². The number of methoxy groups -OCH3 is 1. The summed E-state index contributed by atoms with van der Waals surface area (Å²) in [7, 11) is 1.65. The van der Waals surface area contributed by atoms with Crippen LogP contribution in [0.4, 0.5) is 0 Å². The maximum absolute atomic E-state index is 10.6. The van der Waals surface area contributed by atoms with Gasteiger partial charge in [-0.25, -0.2) is 0 Å². The Labute approximate surface area is 59.0 Å². The molecule has 3 unspecified atom stereocenters. The summed E-state index contributed by atoms with van der Waals surface area (Å²) < 4.78 is 5.05. The smallest absolute Gasteiger partial charge is 0.310 e. The van der Waals surface area contributed by atoms with Gasteiger partial charge in [-0.15, -0.1) is 0 Å². The van der Waals surface area contributed by atoms with E-state index in [0.29, 0.717) is 5.92 Å². The molecule has 2 aliphatic carbocycles. The highest BCUT2D eigenvalue weighted by Crippen LogP contribution is 2.68. The minimum atomic E-state index is -0.634. The lowest BCUT2D eigenvalue weighted by molar-refractivity contribution is -0.151. The van der Waals surface area contributed by atoms with E-state index in [1.807, 2.05) is 0 Å². The fraction of sp³-hybridized carbons (Fsp3) is 0.857. The van der Waals surface area contributed by atoms with Crippen molar-refractivity contribution in [2.75, 3.05) is 7.11 Å². The fourth-order valence-electron chi connectivity index (χ4n) is 1.98. The molecule has 56 valence electrons. The maximum Gasteiger partial charge on any atom is 0.310 e. The first-order valence-corrected chi connectivity index (χ1v) is 3.47. The van der Waals surface area contributed by atoms with Crippen molar-refractivity contribution >= 4 is 5.97 Å². The minimum absolute atomic E-state index is 0.232. The second-order valence-electron chi connectivity index (χ2n) is 3.25. The van der Waals surface area contributed by atoms with Crippen molar-refractivity contribution in [2.24, 2.45) is 11.3 Å². The van der Waals surface area contributed by atoms with Gasteiger partial charge in [0, 0.05) is 13.0 Å². The molecule has 0 aromatic carbocycles. The van der Waals surface area contributed by atoms with Gasteiger partial charge in [0.25, 0.3) is 0 Å². The Morgan fingerprint density at radius 2 is 2.40 bits per heavy atom. The molecule has 2 fully saturated rings. The molecular formula is C7H10O3. The summed E-state index contributed by atoms with van der Waals surface area (Å²) in [5, 5.41) is 8.69. The van der Waals surface area contributed by atoms with Gasteiger partial charge in [-0.2, -0.15) is 0 Å². The third-order valence-electron chi connectivity index (χ3n) is 2.88. The van der Waals surface area contributed by atoms with Crippen LogP contribution in [0.1, 0.15) is 12.8 Å². The third kappa shape index (κ3) is 0.475. The molecule has 10 heavy (non-hydrogen) atoms. The van der Waals surface area contributed by atoms with Gasteiger partial charge in [0.1, 0.15) is 0 Å².